The topological polar surface area (TPSA) is 73.6 Å². The van der Waals surface area contributed by atoms with E-state index in [1.54, 1.807) is 12.1 Å². The Morgan fingerprint density at radius 3 is 2.68 bits per heavy atom. The second-order valence-corrected chi connectivity index (χ2v) is 5.00. The van der Waals surface area contributed by atoms with Crippen molar-refractivity contribution in [1.82, 2.24) is 5.32 Å². The zero-order chi connectivity index (χ0) is 15.7. The molecule has 0 saturated heterocycles. The molecule has 0 heterocycles. The van der Waals surface area contributed by atoms with E-state index in [9.17, 15) is 4.79 Å². The number of amides is 1. The molecule has 0 unspecified atom stereocenters. The van der Waals surface area contributed by atoms with Crippen molar-refractivity contribution in [1.29, 1.82) is 0 Å². The highest BCUT2D eigenvalue weighted by molar-refractivity contribution is 6.32. The van der Waals surface area contributed by atoms with Crippen LogP contribution in [0.4, 0.5) is 0 Å². The highest BCUT2D eigenvalue weighted by Crippen LogP contribution is 2.36. The minimum atomic E-state index is -0.205. The predicted molar refractivity (Wildman–Crippen MR) is 91.7 cm³/mol. The Morgan fingerprint density at radius 2 is 2.09 bits per heavy atom. The number of nitrogens with one attached hydrogen (secondary N) is 1. The van der Waals surface area contributed by atoms with Gasteiger partial charge in [0.25, 0.3) is 5.91 Å². The molecule has 0 aromatic heterocycles. The summed E-state index contributed by atoms with van der Waals surface area (Å²) in [5, 5.41) is 3.15. The first-order valence-electron chi connectivity index (χ1n) is 7.12. The van der Waals surface area contributed by atoms with E-state index >= 15 is 0 Å². The van der Waals surface area contributed by atoms with E-state index in [4.69, 9.17) is 26.8 Å². The van der Waals surface area contributed by atoms with E-state index in [0.29, 0.717) is 41.8 Å². The Hall–Kier alpha value is -1.17. The van der Waals surface area contributed by atoms with Gasteiger partial charge >= 0.3 is 0 Å². The van der Waals surface area contributed by atoms with Gasteiger partial charge in [0.05, 0.1) is 18.7 Å². The molecule has 0 atom stereocenters. The van der Waals surface area contributed by atoms with E-state index in [1.165, 1.54) is 7.11 Å². The van der Waals surface area contributed by atoms with E-state index in [1.807, 2.05) is 0 Å². The van der Waals surface area contributed by atoms with Crippen LogP contribution in [0.3, 0.4) is 0 Å². The molecule has 1 amide bonds. The summed E-state index contributed by atoms with van der Waals surface area (Å²) in [6.45, 7) is 3.71. The van der Waals surface area contributed by atoms with Crippen LogP contribution in [-0.2, 0) is 0 Å². The quantitative estimate of drug-likeness (QED) is 0.671. The van der Waals surface area contributed by atoms with Crippen LogP contribution in [-0.4, -0.2) is 32.7 Å². The Labute approximate surface area is 142 Å². The molecule has 0 radical (unpaired) electrons. The lowest BCUT2D eigenvalue weighted by atomic mass is 10.2. The number of unbranched alkanes of at least 4 members (excludes halogenated alkanes) is 1. The number of benzene rings is 1. The second-order valence-electron chi connectivity index (χ2n) is 4.59. The van der Waals surface area contributed by atoms with Gasteiger partial charge in [0.15, 0.2) is 11.5 Å². The lowest BCUT2D eigenvalue weighted by Gasteiger charge is -2.14. The van der Waals surface area contributed by atoms with E-state index in [0.717, 1.165) is 19.3 Å². The van der Waals surface area contributed by atoms with E-state index in [2.05, 4.69) is 12.2 Å². The molecule has 0 spiro atoms. The number of methoxy groups -OCH3 is 1. The summed E-state index contributed by atoms with van der Waals surface area (Å²) in [6, 6.07) is 3.22. The number of carbonyl (C=O) groups excluding carboxylic acids is 1. The molecular weight excluding hydrogens is 327 g/mol. The van der Waals surface area contributed by atoms with Crippen molar-refractivity contribution in [2.45, 2.75) is 26.2 Å². The fourth-order valence-electron chi connectivity index (χ4n) is 1.72. The number of carbonyl (C=O) groups is 1. The van der Waals surface area contributed by atoms with Crippen molar-refractivity contribution < 1.29 is 14.3 Å². The monoisotopic (exact) mass is 350 g/mol. The molecule has 0 aliphatic carbocycles. The van der Waals surface area contributed by atoms with Gasteiger partial charge in [-0.15, -0.1) is 12.4 Å². The fourth-order valence-corrected chi connectivity index (χ4v) is 1.98. The van der Waals surface area contributed by atoms with Gasteiger partial charge in [0, 0.05) is 12.1 Å². The Kier molecular flexibility index (Phi) is 10.8. The van der Waals surface area contributed by atoms with Gasteiger partial charge in [-0.2, -0.15) is 0 Å². The van der Waals surface area contributed by atoms with Crippen molar-refractivity contribution >= 4 is 29.9 Å². The standard InChI is InChI=1S/C15H23ClN2O3.ClH/c1-3-4-8-21-14-12(16)9-11(10-13(14)20-2)15(19)18-7-5-6-17;/h9-10H,3-8,17H2,1-2H3,(H,18,19);1H. The molecule has 0 aliphatic heterocycles. The molecule has 3 N–H and O–H groups in total. The number of halogens is 2. The molecular formula is C15H24Cl2N2O3. The summed E-state index contributed by atoms with van der Waals surface area (Å²) >= 11 is 6.19. The molecule has 22 heavy (non-hydrogen) atoms. The maximum absolute atomic E-state index is 12.0. The summed E-state index contributed by atoms with van der Waals surface area (Å²) in [5.74, 6) is 0.734. The largest absolute Gasteiger partial charge is 0.493 e. The summed E-state index contributed by atoms with van der Waals surface area (Å²) in [4.78, 5) is 12.0. The number of nitrogens with two attached hydrogens (primary N) is 1. The first-order valence-corrected chi connectivity index (χ1v) is 7.50. The van der Waals surface area contributed by atoms with Gasteiger partial charge in [0.2, 0.25) is 0 Å². The fraction of sp³-hybridized carbons (Fsp3) is 0.533. The molecule has 7 heteroatoms. The molecule has 0 bridgehead atoms. The average Bonchev–Trinajstić information content (AvgIpc) is 2.48. The van der Waals surface area contributed by atoms with Crippen molar-refractivity contribution in [2.75, 3.05) is 26.8 Å². The molecule has 0 aliphatic rings. The third-order valence-corrected chi connectivity index (χ3v) is 3.18. The van der Waals surface area contributed by atoms with Gasteiger partial charge < -0.3 is 20.5 Å². The predicted octanol–water partition coefficient (Wildman–Crippen LogP) is 3.03. The highest BCUT2D eigenvalue weighted by Gasteiger charge is 2.15. The number of hydrogen-bond acceptors (Lipinski definition) is 4. The van der Waals surface area contributed by atoms with Gasteiger partial charge in [0.1, 0.15) is 0 Å². The summed E-state index contributed by atoms with van der Waals surface area (Å²) < 4.78 is 10.9. The third kappa shape index (κ3) is 6.30. The molecule has 1 aromatic rings. The van der Waals surface area contributed by atoms with Crippen LogP contribution < -0.4 is 20.5 Å². The normalized spacial score (nSPS) is 9.82. The minimum Gasteiger partial charge on any atom is -0.493 e. The Morgan fingerprint density at radius 1 is 1.36 bits per heavy atom. The third-order valence-electron chi connectivity index (χ3n) is 2.90. The summed E-state index contributed by atoms with van der Waals surface area (Å²) in [7, 11) is 1.52. The molecule has 126 valence electrons. The van der Waals surface area contributed by atoms with Crippen LogP contribution in [0.25, 0.3) is 0 Å². The number of ether oxygens (including phenoxy) is 2. The lowest BCUT2D eigenvalue weighted by Crippen LogP contribution is -2.26. The van der Waals surface area contributed by atoms with Gasteiger partial charge in [-0.05, 0) is 31.5 Å². The second kappa shape index (κ2) is 11.4. The average molecular weight is 351 g/mol. The van der Waals surface area contributed by atoms with Crippen molar-refractivity contribution in [2.24, 2.45) is 5.73 Å². The number of rotatable bonds is 9. The Bertz CT molecular complexity index is 470. The molecule has 1 aromatic carbocycles. The molecule has 0 saturated carbocycles. The lowest BCUT2D eigenvalue weighted by molar-refractivity contribution is 0.0953. The van der Waals surface area contributed by atoms with Crippen LogP contribution >= 0.6 is 24.0 Å². The highest BCUT2D eigenvalue weighted by atomic mass is 35.5. The zero-order valence-corrected chi connectivity index (χ0v) is 14.6. The Balaban J connectivity index is 0.00000441. The van der Waals surface area contributed by atoms with Crippen LogP contribution in [0.1, 0.15) is 36.5 Å². The maximum atomic E-state index is 12.0. The molecule has 0 fully saturated rings. The summed E-state index contributed by atoms with van der Waals surface area (Å²) in [5.41, 5.74) is 5.83. The van der Waals surface area contributed by atoms with Gasteiger partial charge in [-0.3, -0.25) is 4.79 Å². The van der Waals surface area contributed by atoms with E-state index in [-0.39, 0.29) is 18.3 Å². The smallest absolute Gasteiger partial charge is 0.251 e. The van der Waals surface area contributed by atoms with Crippen LogP contribution in [0.15, 0.2) is 12.1 Å². The number of hydrogen-bond donors (Lipinski definition) is 2. The first-order chi connectivity index (χ1) is 10.1. The van der Waals surface area contributed by atoms with Crippen molar-refractivity contribution in [3.63, 3.8) is 0 Å². The van der Waals surface area contributed by atoms with Crippen molar-refractivity contribution in [3.8, 4) is 11.5 Å². The van der Waals surface area contributed by atoms with Gasteiger partial charge in [-0.1, -0.05) is 24.9 Å². The molecule has 5 nitrogen and oxygen atoms in total. The SMILES string of the molecule is CCCCOc1c(Cl)cc(C(=O)NCCCN)cc1OC.Cl. The minimum absolute atomic E-state index is 0. The van der Waals surface area contributed by atoms with Crippen molar-refractivity contribution in [3.05, 3.63) is 22.7 Å². The van der Waals surface area contributed by atoms with E-state index < -0.39 is 0 Å². The zero-order valence-electron chi connectivity index (χ0n) is 13.0. The van der Waals surface area contributed by atoms with Crippen LogP contribution in [0.2, 0.25) is 5.02 Å². The van der Waals surface area contributed by atoms with Crippen LogP contribution in [0, 0.1) is 0 Å². The maximum Gasteiger partial charge on any atom is 0.251 e. The van der Waals surface area contributed by atoms with Crippen LogP contribution in [0.5, 0.6) is 11.5 Å². The summed E-state index contributed by atoms with van der Waals surface area (Å²) in [6.07, 6.45) is 2.69. The first kappa shape index (κ1) is 20.8. The van der Waals surface area contributed by atoms with Gasteiger partial charge in [-0.25, -0.2) is 0 Å². The molecule has 1 rings (SSSR count).